The van der Waals surface area contributed by atoms with E-state index in [9.17, 15) is 9.90 Å². The van der Waals surface area contributed by atoms with Gasteiger partial charge in [-0.15, -0.1) is 0 Å². The zero-order valence-corrected chi connectivity index (χ0v) is 19.3. The molecule has 1 N–H and O–H groups in total. The summed E-state index contributed by atoms with van der Waals surface area (Å²) in [5, 5.41) is 9.53. The van der Waals surface area contributed by atoms with Crippen LogP contribution in [-0.4, -0.2) is 30.2 Å². The Bertz CT molecular complexity index is 1480. The number of aromatic carboxylic acids is 1. The standard InChI is InChI=1S/C28H26N4O2/c1-3-6-26-30-24-14-13-21(27-29-15-16-31(27)2)17-25(24)32(26)18-19-9-11-20(12-10-19)22-7-4-5-8-23(22)28(33)34/h4-5,7-17H,3,6,18H2,1-2H3,(H,33,34). The van der Waals surface area contributed by atoms with Crippen LogP contribution in [0.3, 0.4) is 0 Å². The summed E-state index contributed by atoms with van der Waals surface area (Å²) in [6.07, 6.45) is 5.67. The Hall–Kier alpha value is -4.19. The summed E-state index contributed by atoms with van der Waals surface area (Å²) >= 11 is 0. The smallest absolute Gasteiger partial charge is 0.336 e. The molecule has 0 atom stereocenters. The normalized spacial score (nSPS) is 11.2. The summed E-state index contributed by atoms with van der Waals surface area (Å²) in [7, 11) is 2.00. The SMILES string of the molecule is CCCc1nc2ccc(-c3nccn3C)cc2n1Cc1ccc(-c2ccccc2C(=O)O)cc1. The molecular formula is C28H26N4O2. The van der Waals surface area contributed by atoms with Gasteiger partial charge in [-0.1, -0.05) is 49.4 Å². The van der Waals surface area contributed by atoms with Crippen molar-refractivity contribution in [2.75, 3.05) is 0 Å². The fourth-order valence-corrected chi connectivity index (χ4v) is 4.44. The largest absolute Gasteiger partial charge is 0.478 e. The number of carbonyl (C=O) groups is 1. The second-order valence-corrected chi connectivity index (χ2v) is 8.48. The van der Waals surface area contributed by atoms with Crippen molar-refractivity contribution in [3.8, 4) is 22.5 Å². The number of benzene rings is 3. The van der Waals surface area contributed by atoms with Gasteiger partial charge in [0.2, 0.25) is 0 Å². The maximum absolute atomic E-state index is 11.6. The Morgan fingerprint density at radius 3 is 2.47 bits per heavy atom. The molecule has 0 bridgehead atoms. The molecule has 0 aliphatic rings. The molecule has 0 spiro atoms. The Balaban J connectivity index is 1.52. The van der Waals surface area contributed by atoms with E-state index in [0.29, 0.717) is 12.1 Å². The van der Waals surface area contributed by atoms with Gasteiger partial charge in [-0.05, 0) is 47.4 Å². The third-order valence-electron chi connectivity index (χ3n) is 6.14. The highest BCUT2D eigenvalue weighted by Crippen LogP contribution is 2.27. The zero-order valence-electron chi connectivity index (χ0n) is 19.3. The lowest BCUT2D eigenvalue weighted by atomic mass is 9.99. The number of carboxylic acid groups (broad SMARTS) is 1. The van der Waals surface area contributed by atoms with Crippen LogP contribution >= 0.6 is 0 Å². The van der Waals surface area contributed by atoms with E-state index in [-0.39, 0.29) is 0 Å². The third-order valence-corrected chi connectivity index (χ3v) is 6.14. The molecule has 0 fully saturated rings. The van der Waals surface area contributed by atoms with Crippen LogP contribution in [0.2, 0.25) is 0 Å². The molecule has 0 aliphatic heterocycles. The molecule has 5 aromatic rings. The monoisotopic (exact) mass is 450 g/mol. The number of hydrogen-bond acceptors (Lipinski definition) is 3. The van der Waals surface area contributed by atoms with Crippen molar-refractivity contribution in [1.82, 2.24) is 19.1 Å². The van der Waals surface area contributed by atoms with Gasteiger partial charge in [0, 0.05) is 38.0 Å². The van der Waals surface area contributed by atoms with Gasteiger partial charge in [-0.25, -0.2) is 14.8 Å². The molecule has 0 saturated carbocycles. The molecule has 5 rings (SSSR count). The third kappa shape index (κ3) is 3.99. The van der Waals surface area contributed by atoms with Crippen LogP contribution in [0, 0.1) is 0 Å². The van der Waals surface area contributed by atoms with Gasteiger partial charge in [0.25, 0.3) is 0 Å². The fourth-order valence-electron chi connectivity index (χ4n) is 4.44. The highest BCUT2D eigenvalue weighted by atomic mass is 16.4. The van der Waals surface area contributed by atoms with Gasteiger partial charge in [-0.3, -0.25) is 0 Å². The van der Waals surface area contributed by atoms with Crippen molar-refractivity contribution in [2.45, 2.75) is 26.3 Å². The predicted molar refractivity (Wildman–Crippen MR) is 134 cm³/mol. The van der Waals surface area contributed by atoms with Crippen LogP contribution in [0.25, 0.3) is 33.5 Å². The maximum Gasteiger partial charge on any atom is 0.336 e. The number of hydrogen-bond donors (Lipinski definition) is 1. The summed E-state index contributed by atoms with van der Waals surface area (Å²) < 4.78 is 4.30. The highest BCUT2D eigenvalue weighted by Gasteiger charge is 2.14. The molecule has 0 radical (unpaired) electrons. The number of aryl methyl sites for hydroxylation is 2. The van der Waals surface area contributed by atoms with Crippen LogP contribution in [0.1, 0.15) is 35.1 Å². The first kappa shape index (κ1) is 21.6. The topological polar surface area (TPSA) is 72.9 Å². The number of imidazole rings is 2. The number of aromatic nitrogens is 4. The van der Waals surface area contributed by atoms with E-state index in [4.69, 9.17) is 4.98 Å². The first-order valence-corrected chi connectivity index (χ1v) is 11.4. The fraction of sp³-hybridized carbons (Fsp3) is 0.179. The van der Waals surface area contributed by atoms with E-state index in [1.54, 1.807) is 12.1 Å². The molecule has 6 heteroatoms. The molecule has 2 heterocycles. The summed E-state index contributed by atoms with van der Waals surface area (Å²) in [5.41, 5.74) is 6.19. The molecular weight excluding hydrogens is 424 g/mol. The zero-order chi connectivity index (χ0) is 23.7. The van der Waals surface area contributed by atoms with Gasteiger partial charge in [0.1, 0.15) is 11.6 Å². The van der Waals surface area contributed by atoms with Crippen molar-refractivity contribution in [2.24, 2.45) is 7.05 Å². The minimum absolute atomic E-state index is 0.308. The first-order chi connectivity index (χ1) is 16.5. The van der Waals surface area contributed by atoms with Crippen molar-refractivity contribution in [3.05, 3.63) is 96.1 Å². The molecule has 6 nitrogen and oxygen atoms in total. The lowest BCUT2D eigenvalue weighted by Gasteiger charge is -2.11. The molecule has 0 aliphatic carbocycles. The number of carboxylic acids is 1. The summed E-state index contributed by atoms with van der Waals surface area (Å²) in [4.78, 5) is 21.0. The van der Waals surface area contributed by atoms with Crippen molar-refractivity contribution in [1.29, 1.82) is 0 Å². The molecule has 3 aromatic carbocycles. The van der Waals surface area contributed by atoms with Crippen LogP contribution in [-0.2, 0) is 20.0 Å². The van der Waals surface area contributed by atoms with Crippen molar-refractivity contribution in [3.63, 3.8) is 0 Å². The van der Waals surface area contributed by atoms with Gasteiger partial charge >= 0.3 is 5.97 Å². The minimum Gasteiger partial charge on any atom is -0.478 e. The summed E-state index contributed by atoms with van der Waals surface area (Å²) in [5.74, 6) is 1.07. The quantitative estimate of drug-likeness (QED) is 0.340. The van der Waals surface area contributed by atoms with Gasteiger partial charge in [-0.2, -0.15) is 0 Å². The molecule has 2 aromatic heterocycles. The number of fused-ring (bicyclic) bond motifs is 1. The van der Waals surface area contributed by atoms with E-state index in [1.165, 1.54) is 0 Å². The molecule has 34 heavy (non-hydrogen) atoms. The second-order valence-electron chi connectivity index (χ2n) is 8.48. The van der Waals surface area contributed by atoms with Crippen LogP contribution in [0.5, 0.6) is 0 Å². The molecule has 0 amide bonds. The van der Waals surface area contributed by atoms with E-state index in [1.807, 2.05) is 48.3 Å². The van der Waals surface area contributed by atoms with Crippen molar-refractivity contribution < 1.29 is 9.90 Å². The minimum atomic E-state index is -0.919. The van der Waals surface area contributed by atoms with Gasteiger partial charge in [0.15, 0.2) is 0 Å². The highest BCUT2D eigenvalue weighted by molar-refractivity contribution is 5.96. The van der Waals surface area contributed by atoms with Gasteiger partial charge < -0.3 is 14.2 Å². The van der Waals surface area contributed by atoms with E-state index in [2.05, 4.69) is 46.8 Å². The molecule has 170 valence electrons. The van der Waals surface area contributed by atoms with E-state index >= 15 is 0 Å². The van der Waals surface area contributed by atoms with Gasteiger partial charge in [0.05, 0.1) is 16.6 Å². The maximum atomic E-state index is 11.6. The average molecular weight is 451 g/mol. The second kappa shape index (κ2) is 8.98. The van der Waals surface area contributed by atoms with Crippen molar-refractivity contribution >= 4 is 17.0 Å². The average Bonchev–Trinajstić information content (AvgIpc) is 3.42. The first-order valence-electron chi connectivity index (χ1n) is 11.4. The van der Waals surface area contributed by atoms with Crippen LogP contribution in [0.4, 0.5) is 0 Å². The summed E-state index contributed by atoms with van der Waals surface area (Å²) in [6.45, 7) is 2.86. The molecule has 0 unspecified atom stereocenters. The Labute approximate surface area is 198 Å². The number of nitrogens with zero attached hydrogens (tertiary/aromatic N) is 4. The number of rotatable bonds is 7. The lowest BCUT2D eigenvalue weighted by Crippen LogP contribution is -2.05. The van der Waals surface area contributed by atoms with E-state index < -0.39 is 5.97 Å². The van der Waals surface area contributed by atoms with Crippen LogP contribution in [0.15, 0.2) is 79.1 Å². The van der Waals surface area contributed by atoms with Crippen LogP contribution < -0.4 is 0 Å². The molecule has 0 saturated heterocycles. The predicted octanol–water partition coefficient (Wildman–Crippen LogP) is 5.80. The van der Waals surface area contributed by atoms with E-state index in [0.717, 1.165) is 57.8 Å². The summed E-state index contributed by atoms with van der Waals surface area (Å²) in [6, 6.07) is 21.5. The Kier molecular flexibility index (Phi) is 5.72. The Morgan fingerprint density at radius 2 is 1.76 bits per heavy atom. The Morgan fingerprint density at radius 1 is 1.00 bits per heavy atom. The lowest BCUT2D eigenvalue weighted by molar-refractivity contribution is 0.0697.